The molecule has 5 heteroatoms. The first-order chi connectivity index (χ1) is 8.61. The van der Waals surface area contributed by atoms with E-state index in [4.69, 9.17) is 27.7 Å². The number of rotatable bonds is 4. The highest BCUT2D eigenvalue weighted by Crippen LogP contribution is 2.27. The van der Waals surface area contributed by atoms with Crippen LogP contribution in [0.5, 0.6) is 0 Å². The van der Waals surface area contributed by atoms with Gasteiger partial charge in [0, 0.05) is 10.6 Å². The third kappa shape index (κ3) is 2.85. The second-order valence-corrected chi connectivity index (χ2v) is 5.11. The molecule has 1 unspecified atom stereocenters. The van der Waals surface area contributed by atoms with Crippen molar-refractivity contribution in [3.8, 4) is 11.5 Å². The molecule has 96 valence electrons. The van der Waals surface area contributed by atoms with Gasteiger partial charge in [-0.15, -0.1) is 11.6 Å². The largest absolute Gasteiger partial charge is 0.334 e. The van der Waals surface area contributed by atoms with E-state index in [2.05, 4.69) is 17.1 Å². The maximum Gasteiger partial charge on any atom is 0.258 e. The minimum absolute atomic E-state index is 0.201. The minimum Gasteiger partial charge on any atom is -0.334 e. The lowest BCUT2D eigenvalue weighted by molar-refractivity contribution is 0.420. The van der Waals surface area contributed by atoms with E-state index in [1.54, 1.807) is 0 Å². The van der Waals surface area contributed by atoms with Crippen LogP contribution in [0.25, 0.3) is 11.5 Å². The lowest BCUT2D eigenvalue weighted by atomic mass is 10.1. The first kappa shape index (κ1) is 13.4. The minimum atomic E-state index is -0.201. The van der Waals surface area contributed by atoms with Gasteiger partial charge in [-0.2, -0.15) is 4.98 Å². The van der Waals surface area contributed by atoms with Crippen LogP contribution in [0.1, 0.15) is 36.5 Å². The summed E-state index contributed by atoms with van der Waals surface area (Å²) in [6.45, 7) is 4.01. The van der Waals surface area contributed by atoms with Crippen LogP contribution in [0.2, 0.25) is 5.02 Å². The maximum absolute atomic E-state index is 6.15. The second-order valence-electron chi connectivity index (χ2n) is 4.18. The van der Waals surface area contributed by atoms with Crippen molar-refractivity contribution in [3.05, 3.63) is 34.6 Å². The molecular weight excluding hydrogens is 271 g/mol. The lowest BCUT2D eigenvalue weighted by Crippen LogP contribution is -1.92. The van der Waals surface area contributed by atoms with Gasteiger partial charge in [-0.3, -0.25) is 0 Å². The maximum atomic E-state index is 6.15. The topological polar surface area (TPSA) is 38.9 Å². The van der Waals surface area contributed by atoms with Crippen molar-refractivity contribution in [1.29, 1.82) is 0 Å². The summed E-state index contributed by atoms with van der Waals surface area (Å²) >= 11 is 12.2. The molecule has 0 N–H and O–H groups in total. The fourth-order valence-electron chi connectivity index (χ4n) is 1.59. The molecule has 18 heavy (non-hydrogen) atoms. The van der Waals surface area contributed by atoms with Gasteiger partial charge in [0.15, 0.2) is 5.82 Å². The molecule has 0 spiro atoms. The SMILES string of the molecule is CCCC(Cl)c1noc(-c2ccc(C)c(Cl)c2)n1. The summed E-state index contributed by atoms with van der Waals surface area (Å²) in [5.41, 5.74) is 1.83. The van der Waals surface area contributed by atoms with Crippen molar-refractivity contribution >= 4 is 23.2 Å². The normalized spacial score (nSPS) is 12.7. The number of halogens is 2. The number of hydrogen-bond donors (Lipinski definition) is 0. The Kier molecular flexibility index (Phi) is 4.25. The Morgan fingerprint density at radius 1 is 1.39 bits per heavy atom. The molecule has 0 radical (unpaired) electrons. The number of aryl methyl sites for hydroxylation is 1. The molecule has 3 nitrogen and oxygen atoms in total. The molecule has 0 saturated heterocycles. The molecule has 2 aromatic rings. The number of alkyl halides is 1. The number of benzene rings is 1. The Labute approximate surface area is 116 Å². The lowest BCUT2D eigenvalue weighted by Gasteiger charge is -2.00. The van der Waals surface area contributed by atoms with Crippen LogP contribution < -0.4 is 0 Å². The second kappa shape index (κ2) is 5.72. The van der Waals surface area contributed by atoms with E-state index in [-0.39, 0.29) is 5.38 Å². The summed E-state index contributed by atoms with van der Waals surface area (Å²) < 4.78 is 5.21. The highest BCUT2D eigenvalue weighted by molar-refractivity contribution is 6.31. The average Bonchev–Trinajstić information content (AvgIpc) is 2.82. The van der Waals surface area contributed by atoms with E-state index in [0.29, 0.717) is 16.7 Å². The summed E-state index contributed by atoms with van der Waals surface area (Å²) in [5, 5.41) is 4.39. The third-order valence-electron chi connectivity index (χ3n) is 2.68. The first-order valence-electron chi connectivity index (χ1n) is 5.86. The molecule has 0 bridgehead atoms. The van der Waals surface area contributed by atoms with Crippen LogP contribution in [0, 0.1) is 6.92 Å². The molecule has 2 rings (SSSR count). The Balaban J connectivity index is 2.26. The monoisotopic (exact) mass is 284 g/mol. The zero-order valence-electron chi connectivity index (χ0n) is 10.3. The van der Waals surface area contributed by atoms with Crippen molar-refractivity contribution in [3.63, 3.8) is 0 Å². The van der Waals surface area contributed by atoms with Gasteiger partial charge in [0.1, 0.15) is 0 Å². The smallest absolute Gasteiger partial charge is 0.258 e. The van der Waals surface area contributed by atoms with Crippen molar-refractivity contribution in [2.24, 2.45) is 0 Å². The van der Waals surface area contributed by atoms with Gasteiger partial charge in [-0.05, 0) is 31.0 Å². The standard InChI is InChI=1S/C13H14Cl2N2O/c1-3-4-10(14)12-16-13(18-17-12)9-6-5-8(2)11(15)7-9/h5-7,10H,3-4H2,1-2H3. The Bertz CT molecular complexity index is 540. The Morgan fingerprint density at radius 3 is 2.83 bits per heavy atom. The van der Waals surface area contributed by atoms with E-state index >= 15 is 0 Å². The van der Waals surface area contributed by atoms with Crippen molar-refractivity contribution in [2.45, 2.75) is 32.1 Å². The van der Waals surface area contributed by atoms with Gasteiger partial charge in [-0.1, -0.05) is 36.2 Å². The number of nitrogens with zero attached hydrogens (tertiary/aromatic N) is 2. The summed E-state index contributed by atoms with van der Waals surface area (Å²) in [6, 6.07) is 5.64. The molecule has 0 aliphatic heterocycles. The highest BCUT2D eigenvalue weighted by atomic mass is 35.5. The predicted molar refractivity (Wildman–Crippen MR) is 73.0 cm³/mol. The molecule has 0 saturated carbocycles. The van der Waals surface area contributed by atoms with Crippen LogP contribution in [0.4, 0.5) is 0 Å². The fraction of sp³-hybridized carbons (Fsp3) is 0.385. The molecule has 0 fully saturated rings. The van der Waals surface area contributed by atoms with Gasteiger partial charge in [0.25, 0.3) is 5.89 Å². The summed E-state index contributed by atoms with van der Waals surface area (Å²) in [5.74, 6) is 0.985. The number of hydrogen-bond acceptors (Lipinski definition) is 3. The third-order valence-corrected chi connectivity index (χ3v) is 3.50. The van der Waals surface area contributed by atoms with Crippen LogP contribution >= 0.6 is 23.2 Å². The molecule has 1 atom stereocenters. The van der Waals surface area contributed by atoms with Gasteiger partial charge in [0.2, 0.25) is 0 Å². The van der Waals surface area contributed by atoms with Gasteiger partial charge in [-0.25, -0.2) is 0 Å². The van der Waals surface area contributed by atoms with Crippen LogP contribution in [0.15, 0.2) is 22.7 Å². The quantitative estimate of drug-likeness (QED) is 0.759. The molecular formula is C13H14Cl2N2O. The Morgan fingerprint density at radius 2 is 2.17 bits per heavy atom. The first-order valence-corrected chi connectivity index (χ1v) is 6.67. The molecule has 1 aromatic heterocycles. The highest BCUT2D eigenvalue weighted by Gasteiger charge is 2.16. The Hall–Kier alpha value is -1.06. The van der Waals surface area contributed by atoms with Gasteiger partial charge >= 0.3 is 0 Å². The van der Waals surface area contributed by atoms with E-state index in [1.807, 2.05) is 25.1 Å². The van der Waals surface area contributed by atoms with Crippen molar-refractivity contribution in [1.82, 2.24) is 10.1 Å². The number of aromatic nitrogens is 2. The van der Waals surface area contributed by atoms with Crippen molar-refractivity contribution in [2.75, 3.05) is 0 Å². The van der Waals surface area contributed by atoms with Gasteiger partial charge in [0.05, 0.1) is 5.38 Å². The molecule has 0 aliphatic carbocycles. The summed E-state index contributed by atoms with van der Waals surface area (Å²) in [4.78, 5) is 4.30. The molecule has 0 aliphatic rings. The van der Waals surface area contributed by atoms with Crippen LogP contribution in [0.3, 0.4) is 0 Å². The summed E-state index contributed by atoms with van der Waals surface area (Å²) in [6.07, 6.45) is 1.81. The van der Waals surface area contributed by atoms with E-state index in [0.717, 1.165) is 24.0 Å². The zero-order chi connectivity index (χ0) is 13.1. The van der Waals surface area contributed by atoms with E-state index in [9.17, 15) is 0 Å². The molecule has 1 aromatic carbocycles. The predicted octanol–water partition coefficient (Wildman–Crippen LogP) is 4.78. The van der Waals surface area contributed by atoms with Crippen molar-refractivity contribution < 1.29 is 4.52 Å². The van der Waals surface area contributed by atoms with Crippen LogP contribution in [-0.4, -0.2) is 10.1 Å². The molecule has 0 amide bonds. The zero-order valence-corrected chi connectivity index (χ0v) is 11.8. The van der Waals surface area contributed by atoms with E-state index in [1.165, 1.54) is 0 Å². The van der Waals surface area contributed by atoms with Crippen LogP contribution in [-0.2, 0) is 0 Å². The van der Waals surface area contributed by atoms with Gasteiger partial charge < -0.3 is 4.52 Å². The molecule has 1 heterocycles. The average molecular weight is 285 g/mol. The summed E-state index contributed by atoms with van der Waals surface area (Å²) in [7, 11) is 0. The van der Waals surface area contributed by atoms with E-state index < -0.39 is 0 Å². The fourth-order valence-corrected chi connectivity index (χ4v) is 2.08.